The Kier molecular flexibility index (Phi) is 12.7. The number of nitrogens with one attached hydrogen (secondary N) is 2. The van der Waals surface area contributed by atoms with E-state index >= 15 is 0 Å². The largest absolute Gasteiger partial charge is 0.382 e. The Morgan fingerprint density at radius 1 is 1.19 bits per heavy atom. The average molecular weight is 365 g/mol. The molecule has 0 saturated carbocycles. The molecule has 0 aromatic rings. The molecular weight excluding hydrogens is 334 g/mol. The fourth-order valence-electron chi connectivity index (χ4n) is 2.21. The Morgan fingerprint density at radius 3 is 2.38 bits per heavy atom. The van der Waals surface area contributed by atoms with Gasteiger partial charge in [0.1, 0.15) is 12.1 Å². The Bertz CT molecular complexity index is 537. The van der Waals surface area contributed by atoms with Gasteiger partial charge in [-0.3, -0.25) is 14.4 Å². The van der Waals surface area contributed by atoms with E-state index in [1.807, 2.05) is 0 Å². The third-order valence-electron chi connectivity index (χ3n) is 3.76. The number of methoxy groups -OCH3 is 1. The molecule has 0 bridgehead atoms. The molecule has 1 unspecified atom stereocenters. The number of carbonyl (C=O) groups is 3. The highest BCUT2D eigenvalue weighted by Crippen LogP contribution is 2.05. The van der Waals surface area contributed by atoms with Crippen molar-refractivity contribution in [2.24, 2.45) is 5.73 Å². The lowest BCUT2D eigenvalue weighted by atomic mass is 10.1. The molecule has 0 aliphatic carbocycles. The summed E-state index contributed by atoms with van der Waals surface area (Å²) < 4.78 is 4.93. The molecule has 0 radical (unpaired) electrons. The normalized spacial score (nSPS) is 13.4. The van der Waals surface area contributed by atoms with Crippen LogP contribution in [0.1, 0.15) is 52.4 Å². The number of rotatable bonds is 13. The fraction of sp³-hybridized carbons (Fsp3) is 0.632. The van der Waals surface area contributed by atoms with Gasteiger partial charge in [-0.25, -0.2) is 0 Å². The summed E-state index contributed by atoms with van der Waals surface area (Å²) in [6.07, 6.45) is 12.0. The number of hydrogen-bond acceptors (Lipinski definition) is 4. The van der Waals surface area contributed by atoms with E-state index < -0.39 is 23.9 Å². The quantitative estimate of drug-likeness (QED) is 0.257. The van der Waals surface area contributed by atoms with Crippen molar-refractivity contribution in [3.8, 4) is 12.3 Å². The second kappa shape index (κ2) is 13.9. The highest BCUT2D eigenvalue weighted by Gasteiger charge is 2.21. The van der Waals surface area contributed by atoms with Crippen LogP contribution in [0.4, 0.5) is 0 Å². The van der Waals surface area contributed by atoms with Crippen molar-refractivity contribution in [3.05, 3.63) is 11.6 Å². The van der Waals surface area contributed by atoms with E-state index in [2.05, 4.69) is 23.5 Å². The molecule has 0 heterocycles. The van der Waals surface area contributed by atoms with Gasteiger partial charge in [0.05, 0.1) is 6.61 Å². The third-order valence-corrected chi connectivity index (χ3v) is 3.76. The van der Waals surface area contributed by atoms with E-state index in [0.717, 1.165) is 32.1 Å². The molecule has 0 aromatic heterocycles. The predicted molar refractivity (Wildman–Crippen MR) is 101 cm³/mol. The molecule has 0 saturated heterocycles. The molecular formula is C19H31N3O4. The number of hydrogen-bond donors (Lipinski definition) is 3. The fourth-order valence-corrected chi connectivity index (χ4v) is 2.21. The van der Waals surface area contributed by atoms with Crippen LogP contribution in [0.15, 0.2) is 11.6 Å². The lowest BCUT2D eigenvalue weighted by Crippen LogP contribution is -2.49. The second-order valence-corrected chi connectivity index (χ2v) is 6.11. The molecule has 26 heavy (non-hydrogen) atoms. The maximum atomic E-state index is 12.4. The molecule has 7 heteroatoms. The Morgan fingerprint density at radius 2 is 1.85 bits per heavy atom. The van der Waals surface area contributed by atoms with Gasteiger partial charge in [-0.1, -0.05) is 38.5 Å². The first-order valence-corrected chi connectivity index (χ1v) is 8.88. The molecule has 146 valence electrons. The topological polar surface area (TPSA) is 111 Å². The molecule has 0 fully saturated rings. The SMILES string of the molecule is C#C[C@@H](COC)NC(=O)C(C=C(C)C(N)=O)NC(=O)CCCCCCC. The standard InChI is InChI=1S/C19H31N3O4/c1-5-7-8-9-10-11-17(23)22-16(12-14(3)18(20)24)19(25)21-15(6-2)13-26-4/h2,12,15-16H,5,7-11,13H2,1,3-4H3,(H2,20,24)(H,21,25)(H,22,23)/t15-,16?/m0/s1. The predicted octanol–water partition coefficient (Wildman–Crippen LogP) is 1.03. The summed E-state index contributed by atoms with van der Waals surface area (Å²) in [7, 11) is 1.46. The van der Waals surface area contributed by atoms with Crippen LogP contribution in [0.2, 0.25) is 0 Å². The van der Waals surface area contributed by atoms with E-state index in [0.29, 0.717) is 6.42 Å². The highest BCUT2D eigenvalue weighted by atomic mass is 16.5. The van der Waals surface area contributed by atoms with Gasteiger partial charge in [0.2, 0.25) is 17.7 Å². The molecule has 0 aromatic carbocycles. The first kappa shape index (κ1) is 23.7. The number of primary amides is 1. The third kappa shape index (κ3) is 10.5. The highest BCUT2D eigenvalue weighted by molar-refractivity contribution is 5.95. The van der Waals surface area contributed by atoms with Crippen molar-refractivity contribution in [2.45, 2.75) is 64.5 Å². The Labute approximate surface area is 156 Å². The number of nitrogens with two attached hydrogens (primary N) is 1. The number of amides is 3. The summed E-state index contributed by atoms with van der Waals surface area (Å²) in [5, 5.41) is 5.21. The van der Waals surface area contributed by atoms with Gasteiger partial charge in [0.25, 0.3) is 0 Å². The van der Waals surface area contributed by atoms with Crippen molar-refractivity contribution >= 4 is 17.7 Å². The van der Waals surface area contributed by atoms with Gasteiger partial charge in [0.15, 0.2) is 0 Å². The van der Waals surface area contributed by atoms with Gasteiger partial charge in [-0.05, 0) is 19.4 Å². The zero-order valence-electron chi connectivity index (χ0n) is 16.0. The second-order valence-electron chi connectivity index (χ2n) is 6.11. The van der Waals surface area contributed by atoms with Gasteiger partial charge in [0, 0.05) is 19.1 Å². The van der Waals surface area contributed by atoms with E-state index in [1.165, 1.54) is 20.1 Å². The minimum Gasteiger partial charge on any atom is -0.382 e. The molecule has 4 N–H and O–H groups in total. The molecule has 0 aliphatic rings. The van der Waals surface area contributed by atoms with E-state index in [9.17, 15) is 14.4 Å². The molecule has 0 rings (SSSR count). The maximum Gasteiger partial charge on any atom is 0.247 e. The summed E-state index contributed by atoms with van der Waals surface area (Å²) in [6, 6.07) is -1.67. The summed E-state index contributed by atoms with van der Waals surface area (Å²) in [6.45, 7) is 3.74. The van der Waals surface area contributed by atoms with Crippen LogP contribution in [0.5, 0.6) is 0 Å². The van der Waals surface area contributed by atoms with Gasteiger partial charge >= 0.3 is 0 Å². The number of carbonyl (C=O) groups excluding carboxylic acids is 3. The molecule has 0 aliphatic heterocycles. The van der Waals surface area contributed by atoms with Crippen molar-refractivity contribution in [2.75, 3.05) is 13.7 Å². The minimum absolute atomic E-state index is 0.138. The molecule has 7 nitrogen and oxygen atoms in total. The first-order valence-electron chi connectivity index (χ1n) is 8.88. The van der Waals surface area contributed by atoms with Gasteiger partial charge in [-0.15, -0.1) is 6.42 Å². The first-order chi connectivity index (χ1) is 12.3. The van der Waals surface area contributed by atoms with Crippen LogP contribution >= 0.6 is 0 Å². The number of unbranched alkanes of at least 4 members (excludes halogenated alkanes) is 4. The van der Waals surface area contributed by atoms with E-state index in [4.69, 9.17) is 16.9 Å². The number of terminal acetylenes is 1. The van der Waals surface area contributed by atoms with Crippen molar-refractivity contribution in [3.63, 3.8) is 0 Å². The number of ether oxygens (including phenoxy) is 1. The lowest BCUT2D eigenvalue weighted by molar-refractivity contribution is -0.128. The van der Waals surface area contributed by atoms with Gasteiger partial charge < -0.3 is 21.1 Å². The Balaban J connectivity index is 4.87. The molecule has 3 amide bonds. The van der Waals surface area contributed by atoms with Crippen LogP contribution in [-0.4, -0.2) is 43.5 Å². The van der Waals surface area contributed by atoms with Gasteiger partial charge in [-0.2, -0.15) is 0 Å². The zero-order chi connectivity index (χ0) is 19.9. The summed E-state index contributed by atoms with van der Waals surface area (Å²) in [5.74, 6) is 0.937. The molecule has 2 atom stereocenters. The van der Waals surface area contributed by atoms with Crippen molar-refractivity contribution in [1.82, 2.24) is 10.6 Å². The summed E-state index contributed by atoms with van der Waals surface area (Å²) in [4.78, 5) is 35.8. The average Bonchev–Trinajstić information content (AvgIpc) is 2.60. The van der Waals surface area contributed by atoms with Crippen molar-refractivity contribution < 1.29 is 19.1 Å². The van der Waals surface area contributed by atoms with E-state index in [1.54, 1.807) is 0 Å². The van der Waals surface area contributed by atoms with Crippen molar-refractivity contribution in [1.29, 1.82) is 0 Å². The summed E-state index contributed by atoms with van der Waals surface area (Å²) >= 11 is 0. The van der Waals surface area contributed by atoms with Crippen LogP contribution in [0.25, 0.3) is 0 Å². The maximum absolute atomic E-state index is 12.4. The Hall–Kier alpha value is -2.33. The monoisotopic (exact) mass is 365 g/mol. The minimum atomic E-state index is -1.03. The van der Waals surface area contributed by atoms with Crippen LogP contribution in [-0.2, 0) is 19.1 Å². The lowest BCUT2D eigenvalue weighted by Gasteiger charge is -2.19. The summed E-state index contributed by atoms with van der Waals surface area (Å²) in [5.41, 5.74) is 5.39. The van der Waals surface area contributed by atoms with E-state index in [-0.39, 0.29) is 18.1 Å². The molecule has 0 spiro atoms. The van der Waals surface area contributed by atoms with Crippen LogP contribution in [0.3, 0.4) is 0 Å². The zero-order valence-corrected chi connectivity index (χ0v) is 16.0. The van der Waals surface area contributed by atoms with Crippen LogP contribution in [0, 0.1) is 12.3 Å². The smallest absolute Gasteiger partial charge is 0.247 e. The van der Waals surface area contributed by atoms with Crippen LogP contribution < -0.4 is 16.4 Å².